The van der Waals surface area contributed by atoms with Gasteiger partial charge in [0.05, 0.1) is 13.1 Å². The van der Waals surface area contributed by atoms with E-state index in [4.69, 9.17) is 4.74 Å². The Bertz CT molecular complexity index is 970. The van der Waals surface area contributed by atoms with Crippen LogP contribution < -0.4 is 5.32 Å². The molecule has 1 radical (unpaired) electrons. The van der Waals surface area contributed by atoms with Gasteiger partial charge in [-0.25, -0.2) is 0 Å². The zero-order valence-corrected chi connectivity index (χ0v) is 24.1. The molecule has 0 aromatic heterocycles. The minimum atomic E-state index is -0.146. The average molecular weight is 553 g/mol. The summed E-state index contributed by atoms with van der Waals surface area (Å²) in [5.41, 5.74) is 4.23. The SMILES string of the molecule is Cc1cccc(C)c1NC(=O)C[N+]1(Cc2ccccc2)CCCC(C(=O)OC2CCCCC2)C1.[Y]. The third kappa shape index (κ3) is 7.71. The predicted octanol–water partition coefficient (Wildman–Crippen LogP) is 5.54. The fourth-order valence-corrected chi connectivity index (χ4v) is 5.77. The first kappa shape index (κ1) is 28.0. The van der Waals surface area contributed by atoms with Gasteiger partial charge in [-0.05, 0) is 63.5 Å². The van der Waals surface area contributed by atoms with Crippen molar-refractivity contribution in [2.24, 2.45) is 5.92 Å². The Morgan fingerprint density at radius 3 is 2.29 bits per heavy atom. The summed E-state index contributed by atoms with van der Waals surface area (Å²) in [6, 6.07) is 16.4. The fourth-order valence-electron chi connectivity index (χ4n) is 5.77. The van der Waals surface area contributed by atoms with Gasteiger partial charge in [0.1, 0.15) is 18.6 Å². The van der Waals surface area contributed by atoms with E-state index in [-0.39, 0.29) is 56.6 Å². The van der Waals surface area contributed by atoms with Crippen LogP contribution in [0.25, 0.3) is 0 Å². The standard InChI is InChI=1S/C29H38N2O3.Y/c1-22-11-9-12-23(2)28(22)30-27(32)21-31(19-24-13-5-3-6-14-24)18-10-15-25(20-31)29(33)34-26-16-7-4-8-17-26;/h3,5-6,9,11-14,25-26H,4,7-8,10,15-21H2,1-2H3;/p+1. The Hall–Kier alpha value is -1.56. The number of nitrogens with zero attached hydrogens (tertiary/aromatic N) is 1. The largest absolute Gasteiger partial charge is 0.462 e. The van der Waals surface area contributed by atoms with E-state index in [1.54, 1.807) is 0 Å². The van der Waals surface area contributed by atoms with Crippen LogP contribution in [0.1, 0.15) is 61.6 Å². The van der Waals surface area contributed by atoms with E-state index in [1.807, 2.05) is 50.2 Å². The number of para-hydroxylation sites is 1. The van der Waals surface area contributed by atoms with Crippen molar-refractivity contribution in [3.8, 4) is 0 Å². The molecule has 1 aliphatic heterocycles. The quantitative estimate of drug-likeness (QED) is 0.363. The molecule has 2 fully saturated rings. The van der Waals surface area contributed by atoms with Gasteiger partial charge in [0.2, 0.25) is 0 Å². The van der Waals surface area contributed by atoms with Crippen LogP contribution in [-0.2, 0) is 53.6 Å². The van der Waals surface area contributed by atoms with E-state index in [9.17, 15) is 9.59 Å². The minimum absolute atomic E-state index is 0. The average Bonchev–Trinajstić information content (AvgIpc) is 2.83. The first-order valence-corrected chi connectivity index (χ1v) is 12.9. The number of ether oxygens (including phenoxy) is 1. The second-order valence-electron chi connectivity index (χ2n) is 10.4. The normalized spacial score (nSPS) is 22.6. The number of likely N-dealkylation sites (tertiary alicyclic amines) is 1. The number of benzene rings is 2. The molecule has 2 aliphatic rings. The molecule has 0 bridgehead atoms. The number of anilines is 1. The number of carbonyl (C=O) groups excluding carboxylic acids is 2. The van der Waals surface area contributed by atoms with Crippen molar-refractivity contribution in [1.29, 1.82) is 0 Å². The van der Waals surface area contributed by atoms with Crippen molar-refractivity contribution < 1.29 is 51.5 Å². The molecule has 1 N–H and O–H groups in total. The van der Waals surface area contributed by atoms with Crippen molar-refractivity contribution in [3.05, 3.63) is 65.2 Å². The van der Waals surface area contributed by atoms with E-state index in [0.29, 0.717) is 17.6 Å². The van der Waals surface area contributed by atoms with Crippen molar-refractivity contribution in [1.82, 2.24) is 0 Å². The molecule has 1 saturated carbocycles. The van der Waals surface area contributed by atoms with Crippen molar-refractivity contribution >= 4 is 17.6 Å². The maximum atomic E-state index is 13.3. The molecule has 1 aliphatic carbocycles. The molecule has 5 nitrogen and oxygen atoms in total. The fraction of sp³-hybridized carbons (Fsp3) is 0.517. The van der Waals surface area contributed by atoms with Gasteiger partial charge in [-0.2, -0.15) is 0 Å². The summed E-state index contributed by atoms with van der Waals surface area (Å²) < 4.78 is 6.55. The summed E-state index contributed by atoms with van der Waals surface area (Å²) in [6.07, 6.45) is 7.36. The summed E-state index contributed by atoms with van der Waals surface area (Å²) in [6.45, 7) is 6.69. The molecule has 2 aromatic rings. The minimum Gasteiger partial charge on any atom is -0.462 e. The molecule has 1 saturated heterocycles. The number of hydrogen-bond donors (Lipinski definition) is 1. The van der Waals surface area contributed by atoms with Crippen molar-refractivity contribution in [2.45, 2.75) is 71.4 Å². The zero-order valence-electron chi connectivity index (χ0n) is 21.3. The van der Waals surface area contributed by atoms with Crippen LogP contribution in [0.2, 0.25) is 0 Å². The Balaban J connectivity index is 0.00000342. The number of rotatable bonds is 7. The second-order valence-corrected chi connectivity index (χ2v) is 10.4. The summed E-state index contributed by atoms with van der Waals surface area (Å²) in [5.74, 6) is -0.195. The van der Waals surface area contributed by atoms with E-state index >= 15 is 0 Å². The number of nitrogens with one attached hydrogen (secondary N) is 1. The zero-order chi connectivity index (χ0) is 24.0. The smallest absolute Gasteiger partial charge is 0.314 e. The van der Waals surface area contributed by atoms with E-state index in [2.05, 4.69) is 17.4 Å². The third-order valence-electron chi connectivity index (χ3n) is 7.55. The Labute approximate surface area is 235 Å². The number of carbonyl (C=O) groups is 2. The Kier molecular flexibility index (Phi) is 10.5. The predicted molar refractivity (Wildman–Crippen MR) is 135 cm³/mol. The molecule has 185 valence electrons. The van der Waals surface area contributed by atoms with Gasteiger partial charge < -0.3 is 14.5 Å². The number of esters is 1. The van der Waals surface area contributed by atoms with E-state index < -0.39 is 0 Å². The Morgan fingerprint density at radius 1 is 0.914 bits per heavy atom. The molecular weight excluding hydrogens is 513 g/mol. The monoisotopic (exact) mass is 552 g/mol. The van der Waals surface area contributed by atoms with Crippen molar-refractivity contribution in [2.75, 3.05) is 25.0 Å². The van der Waals surface area contributed by atoms with Crippen LogP contribution in [-0.4, -0.2) is 42.1 Å². The molecule has 6 heteroatoms. The van der Waals surface area contributed by atoms with E-state index in [1.165, 1.54) is 12.0 Å². The number of hydrogen-bond acceptors (Lipinski definition) is 3. The number of piperidine rings is 1. The maximum absolute atomic E-state index is 13.3. The van der Waals surface area contributed by atoms with Gasteiger partial charge in [0.25, 0.3) is 5.91 Å². The summed E-state index contributed by atoms with van der Waals surface area (Å²) in [5, 5.41) is 3.18. The van der Waals surface area contributed by atoms with Crippen LogP contribution in [0, 0.1) is 19.8 Å². The first-order valence-electron chi connectivity index (χ1n) is 12.9. The molecule has 1 heterocycles. The molecule has 1 amide bonds. The maximum Gasteiger partial charge on any atom is 0.314 e. The van der Waals surface area contributed by atoms with Gasteiger partial charge in [-0.15, -0.1) is 0 Å². The molecule has 0 spiro atoms. The van der Waals surface area contributed by atoms with Crippen LogP contribution in [0.5, 0.6) is 0 Å². The van der Waals surface area contributed by atoms with Gasteiger partial charge in [-0.1, -0.05) is 55.0 Å². The molecule has 35 heavy (non-hydrogen) atoms. The second kappa shape index (κ2) is 13.1. The molecule has 4 rings (SSSR count). The van der Waals surface area contributed by atoms with Gasteiger partial charge in [-0.3, -0.25) is 9.59 Å². The number of aryl methyl sites for hydroxylation is 2. The van der Waals surface area contributed by atoms with Crippen molar-refractivity contribution in [3.63, 3.8) is 0 Å². The van der Waals surface area contributed by atoms with E-state index in [0.717, 1.165) is 68.4 Å². The Morgan fingerprint density at radius 2 is 1.60 bits per heavy atom. The van der Waals surface area contributed by atoms with Gasteiger partial charge >= 0.3 is 5.97 Å². The number of quaternary nitrogens is 1. The summed E-state index contributed by atoms with van der Waals surface area (Å²) >= 11 is 0. The number of amides is 1. The molecule has 2 unspecified atom stereocenters. The van der Waals surface area contributed by atoms with Gasteiger partial charge in [0.15, 0.2) is 6.54 Å². The molecule has 2 aromatic carbocycles. The molecule has 2 atom stereocenters. The third-order valence-corrected chi connectivity index (χ3v) is 7.55. The van der Waals surface area contributed by atoms with Gasteiger partial charge in [0, 0.05) is 44.0 Å². The summed E-state index contributed by atoms with van der Waals surface area (Å²) in [7, 11) is 0. The molecular formula is C29H39N2O3Y+. The summed E-state index contributed by atoms with van der Waals surface area (Å²) in [4.78, 5) is 26.5. The van der Waals surface area contributed by atoms with Crippen LogP contribution in [0.15, 0.2) is 48.5 Å². The topological polar surface area (TPSA) is 55.4 Å². The van der Waals surface area contributed by atoms with Crippen LogP contribution in [0.4, 0.5) is 5.69 Å². The first-order chi connectivity index (χ1) is 16.4. The van der Waals surface area contributed by atoms with Crippen LogP contribution >= 0.6 is 0 Å². The van der Waals surface area contributed by atoms with Crippen LogP contribution in [0.3, 0.4) is 0 Å².